The zero-order valence-corrected chi connectivity index (χ0v) is 8.74. The minimum absolute atomic E-state index is 0.0913. The first-order chi connectivity index (χ1) is 6.85. The van der Waals surface area contributed by atoms with E-state index in [9.17, 15) is 17.6 Å². The van der Waals surface area contributed by atoms with Crippen molar-refractivity contribution >= 4 is 23.2 Å². The molecule has 0 radical (unpaired) electrons. The minimum Gasteiger partial charge on any atom is -0.204 e. The maximum absolute atomic E-state index is 12.8. The zero-order chi connectivity index (χ0) is 11.6. The van der Waals surface area contributed by atoms with E-state index in [1.165, 1.54) is 24.3 Å². The van der Waals surface area contributed by atoms with Crippen LogP contribution in [0.15, 0.2) is 24.3 Å². The van der Waals surface area contributed by atoms with E-state index in [1.807, 2.05) is 0 Å². The summed E-state index contributed by atoms with van der Waals surface area (Å²) in [5.41, 5.74) is -0.0913. The fourth-order valence-corrected chi connectivity index (χ4v) is 1.33. The summed E-state index contributed by atoms with van der Waals surface area (Å²) in [6.07, 6.45) is -3.80. The van der Waals surface area contributed by atoms with Crippen LogP contribution in [0.2, 0.25) is 5.02 Å². The number of alkyl halides is 5. The highest BCUT2D eigenvalue weighted by Crippen LogP contribution is 2.41. The second-order valence-electron chi connectivity index (χ2n) is 2.89. The average molecular weight is 261 g/mol. The van der Waals surface area contributed by atoms with Crippen LogP contribution in [0.4, 0.5) is 17.6 Å². The summed E-state index contributed by atoms with van der Waals surface area (Å²) in [6, 6.07) is 5.01. The standard InChI is InChI=1S/C9H6Cl2F4/c10-6-3-1-5(2-4-6)7(11)9(14,15)8(12)13/h1-4,7-8H. The van der Waals surface area contributed by atoms with Gasteiger partial charge in [0, 0.05) is 5.02 Å². The summed E-state index contributed by atoms with van der Waals surface area (Å²) in [4.78, 5) is 0. The quantitative estimate of drug-likeness (QED) is 0.554. The van der Waals surface area contributed by atoms with Gasteiger partial charge in [-0.2, -0.15) is 8.78 Å². The molecule has 0 aromatic heterocycles. The normalized spacial score (nSPS) is 14.3. The number of halogens is 6. The van der Waals surface area contributed by atoms with Crippen molar-refractivity contribution in [3.63, 3.8) is 0 Å². The Morgan fingerprint density at radius 1 is 1.07 bits per heavy atom. The van der Waals surface area contributed by atoms with E-state index in [-0.39, 0.29) is 5.56 Å². The molecule has 1 unspecified atom stereocenters. The molecule has 0 saturated carbocycles. The molecule has 0 aliphatic heterocycles. The molecule has 0 saturated heterocycles. The van der Waals surface area contributed by atoms with Crippen molar-refractivity contribution in [3.05, 3.63) is 34.9 Å². The van der Waals surface area contributed by atoms with Crippen molar-refractivity contribution in [1.29, 1.82) is 0 Å². The van der Waals surface area contributed by atoms with E-state index in [2.05, 4.69) is 0 Å². The Bertz CT molecular complexity index is 323. The van der Waals surface area contributed by atoms with E-state index in [0.717, 1.165) is 0 Å². The highest BCUT2D eigenvalue weighted by molar-refractivity contribution is 6.30. The number of benzene rings is 1. The van der Waals surface area contributed by atoms with Crippen molar-refractivity contribution < 1.29 is 17.6 Å². The molecule has 1 aromatic carbocycles. The second kappa shape index (κ2) is 4.58. The van der Waals surface area contributed by atoms with Gasteiger partial charge in [0.15, 0.2) is 0 Å². The Morgan fingerprint density at radius 3 is 1.93 bits per heavy atom. The van der Waals surface area contributed by atoms with Gasteiger partial charge < -0.3 is 0 Å². The Labute approximate surface area is 93.8 Å². The average Bonchev–Trinajstić information content (AvgIpc) is 2.17. The fraction of sp³-hybridized carbons (Fsp3) is 0.333. The minimum atomic E-state index is -4.25. The van der Waals surface area contributed by atoms with Crippen LogP contribution >= 0.6 is 23.2 Å². The molecule has 15 heavy (non-hydrogen) atoms. The number of hydrogen-bond donors (Lipinski definition) is 0. The summed E-state index contributed by atoms with van der Waals surface area (Å²) in [7, 11) is 0. The van der Waals surface area contributed by atoms with Crippen LogP contribution in [0.5, 0.6) is 0 Å². The smallest absolute Gasteiger partial charge is 0.204 e. The lowest BCUT2D eigenvalue weighted by Gasteiger charge is -2.21. The summed E-state index contributed by atoms with van der Waals surface area (Å²) in [6.45, 7) is 0. The lowest BCUT2D eigenvalue weighted by atomic mass is 10.1. The predicted molar refractivity (Wildman–Crippen MR) is 51.0 cm³/mol. The maximum Gasteiger partial charge on any atom is 0.327 e. The van der Waals surface area contributed by atoms with Crippen molar-refractivity contribution in [2.45, 2.75) is 17.7 Å². The Balaban J connectivity index is 2.94. The summed E-state index contributed by atoms with van der Waals surface area (Å²) < 4.78 is 49.6. The van der Waals surface area contributed by atoms with Crippen LogP contribution < -0.4 is 0 Å². The molecular weight excluding hydrogens is 255 g/mol. The molecule has 1 rings (SSSR count). The van der Waals surface area contributed by atoms with Crippen LogP contribution in [0, 0.1) is 0 Å². The molecule has 0 aliphatic carbocycles. The van der Waals surface area contributed by atoms with Gasteiger partial charge in [-0.05, 0) is 17.7 Å². The molecule has 0 heterocycles. The van der Waals surface area contributed by atoms with E-state index >= 15 is 0 Å². The van der Waals surface area contributed by atoms with Gasteiger partial charge in [-0.1, -0.05) is 23.7 Å². The van der Waals surface area contributed by atoms with Crippen molar-refractivity contribution in [3.8, 4) is 0 Å². The van der Waals surface area contributed by atoms with Crippen LogP contribution in [0.1, 0.15) is 10.9 Å². The molecule has 0 amide bonds. The molecule has 0 N–H and O–H groups in total. The lowest BCUT2D eigenvalue weighted by Crippen LogP contribution is -2.31. The first-order valence-electron chi connectivity index (χ1n) is 3.91. The summed E-state index contributed by atoms with van der Waals surface area (Å²) >= 11 is 10.8. The predicted octanol–water partition coefficient (Wildman–Crippen LogP) is 4.52. The van der Waals surface area contributed by atoms with Gasteiger partial charge in [0.1, 0.15) is 5.38 Å². The highest BCUT2D eigenvalue weighted by Gasteiger charge is 2.48. The van der Waals surface area contributed by atoms with Crippen molar-refractivity contribution in [1.82, 2.24) is 0 Å². The third-order valence-electron chi connectivity index (χ3n) is 1.79. The molecule has 0 aliphatic rings. The van der Waals surface area contributed by atoms with Crippen LogP contribution in [0.3, 0.4) is 0 Å². The third-order valence-corrected chi connectivity index (χ3v) is 2.59. The molecular formula is C9H6Cl2F4. The molecule has 0 bridgehead atoms. The largest absolute Gasteiger partial charge is 0.327 e. The third kappa shape index (κ3) is 2.75. The second-order valence-corrected chi connectivity index (χ2v) is 3.76. The van der Waals surface area contributed by atoms with Gasteiger partial charge in [0.2, 0.25) is 0 Å². The first-order valence-corrected chi connectivity index (χ1v) is 4.72. The van der Waals surface area contributed by atoms with Gasteiger partial charge in [-0.15, -0.1) is 11.6 Å². The molecule has 84 valence electrons. The Kier molecular flexibility index (Phi) is 3.84. The summed E-state index contributed by atoms with van der Waals surface area (Å²) in [5.74, 6) is -4.25. The van der Waals surface area contributed by atoms with Crippen molar-refractivity contribution in [2.75, 3.05) is 0 Å². The van der Waals surface area contributed by atoms with Crippen LogP contribution in [-0.4, -0.2) is 12.3 Å². The Hall–Kier alpha value is -0.480. The first kappa shape index (κ1) is 12.6. The topological polar surface area (TPSA) is 0 Å². The summed E-state index contributed by atoms with van der Waals surface area (Å²) in [5, 5.41) is -1.74. The highest BCUT2D eigenvalue weighted by atomic mass is 35.5. The fourth-order valence-electron chi connectivity index (χ4n) is 0.965. The van der Waals surface area contributed by atoms with E-state index in [4.69, 9.17) is 23.2 Å². The molecule has 0 fully saturated rings. The van der Waals surface area contributed by atoms with Gasteiger partial charge in [0.25, 0.3) is 0 Å². The lowest BCUT2D eigenvalue weighted by molar-refractivity contribution is -0.130. The number of rotatable bonds is 3. The van der Waals surface area contributed by atoms with Gasteiger partial charge in [-0.3, -0.25) is 0 Å². The SMILES string of the molecule is FC(F)C(F)(F)C(Cl)c1ccc(Cl)cc1. The van der Waals surface area contributed by atoms with Gasteiger partial charge >= 0.3 is 12.3 Å². The van der Waals surface area contributed by atoms with E-state index in [1.54, 1.807) is 0 Å². The molecule has 6 heteroatoms. The van der Waals surface area contributed by atoms with Crippen LogP contribution in [-0.2, 0) is 0 Å². The van der Waals surface area contributed by atoms with Gasteiger partial charge in [-0.25, -0.2) is 8.78 Å². The molecule has 0 nitrogen and oxygen atoms in total. The maximum atomic E-state index is 12.8. The molecule has 0 spiro atoms. The molecule has 1 atom stereocenters. The van der Waals surface area contributed by atoms with E-state index < -0.39 is 17.7 Å². The zero-order valence-electron chi connectivity index (χ0n) is 7.23. The Morgan fingerprint density at radius 2 is 1.53 bits per heavy atom. The monoisotopic (exact) mass is 260 g/mol. The van der Waals surface area contributed by atoms with Gasteiger partial charge in [0.05, 0.1) is 0 Å². The molecule has 1 aromatic rings. The van der Waals surface area contributed by atoms with Crippen LogP contribution in [0.25, 0.3) is 0 Å². The van der Waals surface area contributed by atoms with E-state index in [0.29, 0.717) is 5.02 Å². The van der Waals surface area contributed by atoms with Crippen molar-refractivity contribution in [2.24, 2.45) is 0 Å². The number of hydrogen-bond acceptors (Lipinski definition) is 0.